The number of alkyl halides is 3. The highest BCUT2D eigenvalue weighted by molar-refractivity contribution is 5.89. The number of fused-ring (bicyclic) bond motifs is 1. The highest BCUT2D eigenvalue weighted by Gasteiger charge is 2.62. The summed E-state index contributed by atoms with van der Waals surface area (Å²) in [6.07, 6.45) is 2.26. The van der Waals surface area contributed by atoms with E-state index in [9.17, 15) is 22.8 Å². The number of methoxy groups -OCH3 is 1. The Kier molecular flexibility index (Phi) is 7.78. The predicted molar refractivity (Wildman–Crippen MR) is 139 cm³/mol. The van der Waals surface area contributed by atoms with Gasteiger partial charge in [-0.15, -0.1) is 0 Å². The SMILES string of the molecule is CO[C@@H]1COCCC1N[C@@H]1C=C[C@@](C(=O)N2CCc3ncc(C(F)(F)F)cc3C2)(C2CC2C(=O)OC(C)(C)C)C1. The van der Waals surface area contributed by atoms with Crippen molar-refractivity contribution in [3.8, 4) is 0 Å². The molecular formula is C29H38F3N3O5. The molecule has 4 aliphatic rings. The summed E-state index contributed by atoms with van der Waals surface area (Å²) in [6, 6.07) is 1.02. The maximum Gasteiger partial charge on any atom is 0.417 e. The van der Waals surface area contributed by atoms with Gasteiger partial charge in [0, 0.05) is 57.2 Å². The van der Waals surface area contributed by atoms with E-state index in [2.05, 4.69) is 10.3 Å². The topological polar surface area (TPSA) is 90.0 Å². The Bertz CT molecular complexity index is 1170. The van der Waals surface area contributed by atoms with Crippen LogP contribution < -0.4 is 5.32 Å². The summed E-state index contributed by atoms with van der Waals surface area (Å²) in [6.45, 7) is 6.94. The first kappa shape index (κ1) is 29.0. The molecule has 11 heteroatoms. The zero-order valence-electron chi connectivity index (χ0n) is 23.4. The molecule has 1 N–H and O–H groups in total. The third-order valence-electron chi connectivity index (χ3n) is 8.43. The Morgan fingerprint density at radius 3 is 2.73 bits per heavy atom. The van der Waals surface area contributed by atoms with Crippen molar-refractivity contribution in [2.24, 2.45) is 17.3 Å². The van der Waals surface area contributed by atoms with E-state index >= 15 is 0 Å². The number of esters is 1. The van der Waals surface area contributed by atoms with Gasteiger partial charge in [0.1, 0.15) is 5.60 Å². The third kappa shape index (κ3) is 5.92. The van der Waals surface area contributed by atoms with Gasteiger partial charge >= 0.3 is 12.1 Å². The second-order valence-corrected chi connectivity index (χ2v) is 12.4. The van der Waals surface area contributed by atoms with Gasteiger partial charge in [0.25, 0.3) is 0 Å². The van der Waals surface area contributed by atoms with Crippen LogP contribution in [0.3, 0.4) is 0 Å². The first-order valence-electron chi connectivity index (χ1n) is 13.9. The summed E-state index contributed by atoms with van der Waals surface area (Å²) in [5.74, 6) is -1.13. The van der Waals surface area contributed by atoms with Crippen molar-refractivity contribution in [1.82, 2.24) is 15.2 Å². The minimum atomic E-state index is -4.51. The molecule has 2 aliphatic carbocycles. The lowest BCUT2D eigenvalue weighted by atomic mass is 9.78. The van der Waals surface area contributed by atoms with E-state index in [1.54, 1.807) is 12.0 Å². The van der Waals surface area contributed by atoms with Crippen LogP contribution in [0.4, 0.5) is 13.2 Å². The van der Waals surface area contributed by atoms with Crippen LogP contribution >= 0.6 is 0 Å². The van der Waals surface area contributed by atoms with Crippen molar-refractivity contribution in [1.29, 1.82) is 0 Å². The number of hydrogen-bond donors (Lipinski definition) is 1. The lowest BCUT2D eigenvalue weighted by molar-refractivity contribution is -0.157. The molecule has 1 aromatic heterocycles. The smallest absolute Gasteiger partial charge is 0.417 e. The van der Waals surface area contributed by atoms with Gasteiger partial charge in [-0.2, -0.15) is 13.2 Å². The summed E-state index contributed by atoms with van der Waals surface area (Å²) in [7, 11) is 1.65. The van der Waals surface area contributed by atoms with Crippen LogP contribution in [0.25, 0.3) is 0 Å². The molecule has 3 unspecified atom stereocenters. The van der Waals surface area contributed by atoms with E-state index in [1.807, 2.05) is 32.9 Å². The van der Waals surface area contributed by atoms with Gasteiger partial charge in [-0.05, 0) is 57.6 Å². The highest BCUT2D eigenvalue weighted by atomic mass is 19.4. The predicted octanol–water partition coefficient (Wildman–Crippen LogP) is 3.67. The van der Waals surface area contributed by atoms with Gasteiger partial charge in [-0.1, -0.05) is 12.2 Å². The summed E-state index contributed by atoms with van der Waals surface area (Å²) < 4.78 is 56.9. The summed E-state index contributed by atoms with van der Waals surface area (Å²) >= 11 is 0. The van der Waals surface area contributed by atoms with Gasteiger partial charge < -0.3 is 24.4 Å². The van der Waals surface area contributed by atoms with E-state index in [0.29, 0.717) is 50.3 Å². The molecule has 2 fully saturated rings. The molecule has 8 nitrogen and oxygen atoms in total. The van der Waals surface area contributed by atoms with Gasteiger partial charge in [-0.3, -0.25) is 14.6 Å². The Hall–Kier alpha value is -2.50. The molecule has 0 radical (unpaired) electrons. The third-order valence-corrected chi connectivity index (χ3v) is 8.43. The fourth-order valence-corrected chi connectivity index (χ4v) is 6.36. The zero-order chi connectivity index (χ0) is 28.9. The van der Waals surface area contributed by atoms with E-state index in [4.69, 9.17) is 14.2 Å². The second kappa shape index (κ2) is 10.7. The zero-order valence-corrected chi connectivity index (χ0v) is 23.4. The molecule has 0 spiro atoms. The number of carbonyl (C=O) groups is 2. The van der Waals surface area contributed by atoms with Crippen LogP contribution in [0.15, 0.2) is 24.4 Å². The number of ether oxygens (including phenoxy) is 3. The molecular weight excluding hydrogens is 527 g/mol. The van der Waals surface area contributed by atoms with Crippen LogP contribution in [0.1, 0.15) is 56.9 Å². The Morgan fingerprint density at radius 2 is 2.02 bits per heavy atom. The maximum atomic E-state index is 14.3. The Morgan fingerprint density at radius 1 is 1.25 bits per heavy atom. The molecule has 2 aliphatic heterocycles. The van der Waals surface area contributed by atoms with E-state index in [1.165, 1.54) is 0 Å². The molecule has 1 saturated heterocycles. The monoisotopic (exact) mass is 565 g/mol. The second-order valence-electron chi connectivity index (χ2n) is 12.4. The van der Waals surface area contributed by atoms with Crippen molar-refractivity contribution >= 4 is 11.9 Å². The Balaban J connectivity index is 1.37. The summed E-state index contributed by atoms with van der Waals surface area (Å²) in [4.78, 5) is 33.0. The lowest BCUT2D eigenvalue weighted by Crippen LogP contribution is -2.52. The van der Waals surface area contributed by atoms with Gasteiger partial charge in [0.2, 0.25) is 5.91 Å². The average molecular weight is 566 g/mol. The molecule has 6 atom stereocenters. The van der Waals surface area contributed by atoms with Crippen LogP contribution in [0.5, 0.6) is 0 Å². The average Bonchev–Trinajstić information content (AvgIpc) is 3.61. The summed E-state index contributed by atoms with van der Waals surface area (Å²) in [5.41, 5.74) is -1.44. The van der Waals surface area contributed by atoms with Gasteiger partial charge in [-0.25, -0.2) is 0 Å². The standard InChI is InChI=1S/C29H38F3N3O5/c1-27(2,3)40-25(36)20-12-21(20)28(8-5-19(13-28)34-23-7-10-39-16-24(23)38-4)26(37)35-9-6-22-17(15-35)11-18(14-33-22)29(30,31)32/h5,8,11,14,19-21,23-24,34H,6-7,9-10,12-13,15-16H2,1-4H3/t19-,20?,21?,23?,24-,28+/m1/s1. The van der Waals surface area contributed by atoms with Crippen molar-refractivity contribution < 1.29 is 37.0 Å². The van der Waals surface area contributed by atoms with Gasteiger partial charge in [0.05, 0.1) is 29.6 Å². The molecule has 0 bridgehead atoms. The number of halogens is 3. The minimum Gasteiger partial charge on any atom is -0.460 e. The van der Waals surface area contributed by atoms with E-state index < -0.39 is 28.7 Å². The number of hydrogen-bond acceptors (Lipinski definition) is 7. The largest absolute Gasteiger partial charge is 0.460 e. The molecule has 1 aromatic rings. The summed E-state index contributed by atoms with van der Waals surface area (Å²) in [5, 5.41) is 3.62. The van der Waals surface area contributed by atoms with E-state index in [-0.39, 0.29) is 42.5 Å². The maximum absolute atomic E-state index is 14.3. The number of nitrogens with zero attached hydrogens (tertiary/aromatic N) is 2. The molecule has 1 saturated carbocycles. The normalized spacial score (nSPS) is 32.1. The van der Waals surface area contributed by atoms with Crippen LogP contribution in [0.2, 0.25) is 0 Å². The van der Waals surface area contributed by atoms with Crippen LogP contribution in [0, 0.1) is 17.3 Å². The molecule has 1 amide bonds. The van der Waals surface area contributed by atoms with Gasteiger partial charge in [0.15, 0.2) is 0 Å². The van der Waals surface area contributed by atoms with Crippen molar-refractivity contribution in [2.75, 3.05) is 26.9 Å². The Labute approximate surface area is 232 Å². The fraction of sp³-hybridized carbons (Fsp3) is 0.690. The lowest BCUT2D eigenvalue weighted by Gasteiger charge is -2.38. The number of pyridine rings is 1. The molecule has 40 heavy (non-hydrogen) atoms. The number of carbonyl (C=O) groups excluding carboxylic acids is 2. The molecule has 0 aromatic carbocycles. The first-order chi connectivity index (χ1) is 18.8. The van der Waals surface area contributed by atoms with Crippen molar-refractivity contribution in [3.05, 3.63) is 41.2 Å². The number of rotatable bonds is 6. The van der Waals surface area contributed by atoms with Crippen molar-refractivity contribution in [3.63, 3.8) is 0 Å². The first-order valence-corrected chi connectivity index (χ1v) is 13.9. The number of nitrogens with one attached hydrogen (secondary N) is 1. The molecule has 220 valence electrons. The van der Waals surface area contributed by atoms with Crippen molar-refractivity contribution in [2.45, 2.75) is 83.0 Å². The number of aromatic nitrogens is 1. The highest BCUT2D eigenvalue weighted by Crippen LogP contribution is 2.58. The number of amides is 1. The molecule has 5 rings (SSSR count). The van der Waals surface area contributed by atoms with Crippen LogP contribution in [-0.4, -0.2) is 72.4 Å². The molecule has 3 heterocycles. The minimum absolute atomic E-state index is 0.0499. The fourth-order valence-electron chi connectivity index (χ4n) is 6.36. The van der Waals surface area contributed by atoms with E-state index in [0.717, 1.165) is 18.7 Å². The quantitative estimate of drug-likeness (QED) is 0.416. The van der Waals surface area contributed by atoms with Crippen LogP contribution in [-0.2, 0) is 42.9 Å².